The molecule has 0 amide bonds. The molecule has 0 saturated heterocycles. The smallest absolute Gasteiger partial charge is 0.323 e. The van der Waals surface area contributed by atoms with Crippen LogP contribution in [-0.2, 0) is 16.1 Å². The third-order valence-electron chi connectivity index (χ3n) is 2.15. The molecule has 1 rings (SSSR count). The van der Waals surface area contributed by atoms with Crippen LogP contribution in [0.15, 0.2) is 24.3 Å². The molecule has 0 aliphatic rings. The van der Waals surface area contributed by atoms with Crippen LogP contribution in [0.3, 0.4) is 0 Å². The molecule has 0 saturated carbocycles. The number of ether oxygens (including phenoxy) is 1. The molecule has 4 nitrogen and oxygen atoms in total. The van der Waals surface area contributed by atoms with Gasteiger partial charge in [0.05, 0.1) is 13.2 Å². The molecule has 1 aromatic rings. The molecule has 0 bridgehead atoms. The number of aliphatic carboxylic acids is 1. The topological polar surface area (TPSA) is 58.6 Å². The summed E-state index contributed by atoms with van der Waals surface area (Å²) in [5.74, 6) is -0.929. The Morgan fingerprint density at radius 1 is 1.56 bits per heavy atom. The fourth-order valence-corrected chi connectivity index (χ4v) is 1.37. The molecule has 0 heterocycles. The van der Waals surface area contributed by atoms with Crippen LogP contribution in [0.25, 0.3) is 0 Å². The summed E-state index contributed by atoms with van der Waals surface area (Å²) < 4.78 is 5.29. The summed E-state index contributed by atoms with van der Waals surface area (Å²) in [6.45, 7) is 0.419. The third kappa shape index (κ3) is 3.81. The van der Waals surface area contributed by atoms with Crippen LogP contribution in [0.4, 0.5) is 0 Å². The molecule has 0 aromatic heterocycles. The van der Waals surface area contributed by atoms with Gasteiger partial charge in [-0.05, 0) is 18.7 Å². The van der Waals surface area contributed by atoms with Gasteiger partial charge in [0, 0.05) is 5.02 Å². The fraction of sp³-hybridized carbons (Fsp3) is 0.364. The zero-order chi connectivity index (χ0) is 12.0. The quantitative estimate of drug-likeness (QED) is 0.796. The van der Waals surface area contributed by atoms with Crippen LogP contribution in [0.1, 0.15) is 5.56 Å². The Balaban J connectivity index is 2.41. The summed E-state index contributed by atoms with van der Waals surface area (Å²) in [6, 6.07) is 6.61. The normalized spacial score (nSPS) is 12.4. The number of hydrogen-bond acceptors (Lipinski definition) is 3. The van der Waals surface area contributed by atoms with Crippen molar-refractivity contribution in [3.8, 4) is 0 Å². The van der Waals surface area contributed by atoms with Crippen LogP contribution in [-0.4, -0.2) is 30.8 Å². The first-order chi connectivity index (χ1) is 7.65. The van der Waals surface area contributed by atoms with E-state index in [9.17, 15) is 4.79 Å². The molecule has 0 aliphatic heterocycles. The number of benzene rings is 1. The van der Waals surface area contributed by atoms with Crippen LogP contribution >= 0.6 is 11.6 Å². The number of hydrogen-bond donors (Lipinski definition) is 2. The Morgan fingerprint density at radius 3 is 2.81 bits per heavy atom. The average molecular weight is 244 g/mol. The fourth-order valence-electron chi connectivity index (χ4n) is 1.18. The van der Waals surface area contributed by atoms with E-state index in [0.717, 1.165) is 5.56 Å². The Kier molecular flexibility index (Phi) is 5.25. The van der Waals surface area contributed by atoms with Gasteiger partial charge in [-0.15, -0.1) is 0 Å². The molecular formula is C11H14ClNO3. The number of carboxylic acid groups (broad SMARTS) is 1. The van der Waals surface area contributed by atoms with Gasteiger partial charge in [-0.1, -0.05) is 29.8 Å². The van der Waals surface area contributed by atoms with E-state index in [0.29, 0.717) is 11.6 Å². The first-order valence-corrected chi connectivity index (χ1v) is 5.24. The van der Waals surface area contributed by atoms with Gasteiger partial charge in [-0.25, -0.2) is 0 Å². The first kappa shape index (κ1) is 13.0. The van der Waals surface area contributed by atoms with Crippen LogP contribution in [0.5, 0.6) is 0 Å². The number of halogens is 1. The summed E-state index contributed by atoms with van der Waals surface area (Å²) in [6.07, 6.45) is 0. The molecular weight excluding hydrogens is 230 g/mol. The Labute approximate surface area is 99.2 Å². The van der Waals surface area contributed by atoms with Crippen LogP contribution < -0.4 is 5.32 Å². The van der Waals surface area contributed by atoms with Gasteiger partial charge < -0.3 is 15.2 Å². The second kappa shape index (κ2) is 6.48. The zero-order valence-corrected chi connectivity index (χ0v) is 9.70. The van der Waals surface area contributed by atoms with E-state index in [1.165, 1.54) is 0 Å². The average Bonchev–Trinajstić information content (AvgIpc) is 2.26. The van der Waals surface area contributed by atoms with Gasteiger partial charge >= 0.3 is 5.97 Å². The standard InChI is InChI=1S/C11H14ClNO3/c1-13-10(11(14)15)7-16-6-8-4-2-3-5-9(8)12/h2-5,10,13H,6-7H2,1H3,(H,14,15)/t10-/m0/s1. The van der Waals surface area contributed by atoms with Crippen molar-refractivity contribution in [3.05, 3.63) is 34.9 Å². The lowest BCUT2D eigenvalue weighted by Gasteiger charge is -2.12. The second-order valence-corrected chi connectivity index (χ2v) is 3.69. The molecule has 1 atom stereocenters. The molecule has 2 N–H and O–H groups in total. The molecule has 16 heavy (non-hydrogen) atoms. The van der Waals surface area contributed by atoms with E-state index >= 15 is 0 Å². The SMILES string of the molecule is CN[C@@H](COCc1ccccc1Cl)C(=O)O. The van der Waals surface area contributed by atoms with Gasteiger partial charge in [-0.2, -0.15) is 0 Å². The number of rotatable bonds is 6. The van der Waals surface area contributed by atoms with Crippen molar-refractivity contribution in [1.82, 2.24) is 5.32 Å². The zero-order valence-electron chi connectivity index (χ0n) is 8.94. The highest BCUT2D eigenvalue weighted by Gasteiger charge is 2.14. The van der Waals surface area contributed by atoms with E-state index < -0.39 is 12.0 Å². The first-order valence-electron chi connectivity index (χ1n) is 4.86. The number of carboxylic acids is 1. The van der Waals surface area contributed by atoms with E-state index in [4.69, 9.17) is 21.4 Å². The lowest BCUT2D eigenvalue weighted by molar-refractivity contribution is -0.141. The van der Waals surface area contributed by atoms with Crippen LogP contribution in [0, 0.1) is 0 Å². The van der Waals surface area contributed by atoms with E-state index in [2.05, 4.69) is 5.32 Å². The molecule has 1 aromatic carbocycles. The van der Waals surface area contributed by atoms with E-state index in [1.54, 1.807) is 13.1 Å². The van der Waals surface area contributed by atoms with Crippen molar-refractivity contribution in [3.63, 3.8) is 0 Å². The summed E-state index contributed by atoms with van der Waals surface area (Å²) in [5, 5.41) is 12.0. The largest absolute Gasteiger partial charge is 0.480 e. The van der Waals surface area contributed by atoms with Crippen molar-refractivity contribution in [2.75, 3.05) is 13.7 Å². The summed E-state index contributed by atoms with van der Waals surface area (Å²) >= 11 is 5.92. The predicted molar refractivity (Wildman–Crippen MR) is 61.6 cm³/mol. The van der Waals surface area contributed by atoms with Crippen molar-refractivity contribution in [1.29, 1.82) is 0 Å². The highest BCUT2D eigenvalue weighted by atomic mass is 35.5. The highest BCUT2D eigenvalue weighted by molar-refractivity contribution is 6.31. The Bertz CT molecular complexity index is 357. The maximum absolute atomic E-state index is 10.7. The monoisotopic (exact) mass is 243 g/mol. The predicted octanol–water partition coefficient (Wildman–Crippen LogP) is 1.53. The third-order valence-corrected chi connectivity index (χ3v) is 2.52. The Morgan fingerprint density at radius 2 is 2.25 bits per heavy atom. The van der Waals surface area contributed by atoms with Crippen molar-refractivity contribution in [2.45, 2.75) is 12.6 Å². The minimum absolute atomic E-state index is 0.108. The maximum atomic E-state index is 10.7. The lowest BCUT2D eigenvalue weighted by atomic mass is 10.2. The van der Waals surface area contributed by atoms with E-state index in [-0.39, 0.29) is 6.61 Å². The molecule has 0 radical (unpaired) electrons. The number of carbonyl (C=O) groups is 1. The van der Waals surface area contributed by atoms with Gasteiger partial charge in [0.15, 0.2) is 0 Å². The van der Waals surface area contributed by atoms with Crippen molar-refractivity contribution in [2.24, 2.45) is 0 Å². The number of nitrogens with one attached hydrogen (secondary N) is 1. The molecule has 0 aliphatic carbocycles. The molecule has 0 spiro atoms. The second-order valence-electron chi connectivity index (χ2n) is 3.29. The van der Waals surface area contributed by atoms with Gasteiger partial charge in [0.1, 0.15) is 6.04 Å². The molecule has 0 fully saturated rings. The van der Waals surface area contributed by atoms with Gasteiger partial charge in [-0.3, -0.25) is 4.79 Å². The van der Waals surface area contributed by atoms with Gasteiger partial charge in [0.2, 0.25) is 0 Å². The molecule has 0 unspecified atom stereocenters. The van der Waals surface area contributed by atoms with E-state index in [1.807, 2.05) is 18.2 Å². The molecule has 88 valence electrons. The van der Waals surface area contributed by atoms with Crippen molar-refractivity contribution < 1.29 is 14.6 Å². The van der Waals surface area contributed by atoms with Crippen LogP contribution in [0.2, 0.25) is 5.02 Å². The summed E-state index contributed by atoms with van der Waals surface area (Å²) in [7, 11) is 1.58. The number of likely N-dealkylation sites (N-methyl/N-ethyl adjacent to an activating group) is 1. The molecule has 5 heteroatoms. The van der Waals surface area contributed by atoms with Crippen molar-refractivity contribution >= 4 is 17.6 Å². The summed E-state index contributed by atoms with van der Waals surface area (Å²) in [5.41, 5.74) is 0.851. The van der Waals surface area contributed by atoms with Gasteiger partial charge in [0.25, 0.3) is 0 Å². The highest BCUT2D eigenvalue weighted by Crippen LogP contribution is 2.15. The summed E-state index contributed by atoms with van der Waals surface area (Å²) in [4.78, 5) is 10.7. The lowest BCUT2D eigenvalue weighted by Crippen LogP contribution is -2.38. The maximum Gasteiger partial charge on any atom is 0.323 e. The minimum Gasteiger partial charge on any atom is -0.480 e. The Hall–Kier alpha value is -1.10. The minimum atomic E-state index is -0.929.